The van der Waals surface area contributed by atoms with Crippen molar-refractivity contribution >= 4 is 29.6 Å². The van der Waals surface area contributed by atoms with E-state index in [9.17, 15) is 24.0 Å². The van der Waals surface area contributed by atoms with Gasteiger partial charge in [0, 0.05) is 0 Å². The number of carbonyl (C=O) groups excluding carboxylic acids is 4. The van der Waals surface area contributed by atoms with Gasteiger partial charge in [0.15, 0.2) is 0 Å². The third-order valence-electron chi connectivity index (χ3n) is 4.13. The molecule has 0 bridgehead atoms. The molecule has 0 heterocycles. The molecular formula is C18H33N5O6. The Labute approximate surface area is 170 Å². The van der Waals surface area contributed by atoms with Crippen molar-refractivity contribution in [3.05, 3.63) is 0 Å². The molecule has 0 fully saturated rings. The third kappa shape index (κ3) is 9.88. The largest absolute Gasteiger partial charge is 0.480 e. The van der Waals surface area contributed by atoms with Crippen LogP contribution in [0.2, 0.25) is 0 Å². The van der Waals surface area contributed by atoms with Gasteiger partial charge in [-0.3, -0.25) is 19.2 Å². The molecule has 4 amide bonds. The lowest BCUT2D eigenvalue weighted by atomic mass is 10.0. The summed E-state index contributed by atoms with van der Waals surface area (Å²) in [4.78, 5) is 59.0. The first-order chi connectivity index (χ1) is 13.3. The van der Waals surface area contributed by atoms with Crippen molar-refractivity contribution in [2.24, 2.45) is 23.3 Å². The summed E-state index contributed by atoms with van der Waals surface area (Å²) in [5.41, 5.74) is 10.8. The molecule has 29 heavy (non-hydrogen) atoms. The summed E-state index contributed by atoms with van der Waals surface area (Å²) in [5, 5.41) is 16.2. The molecular weight excluding hydrogens is 382 g/mol. The van der Waals surface area contributed by atoms with E-state index in [-0.39, 0.29) is 11.8 Å². The molecule has 4 atom stereocenters. The number of nitrogens with one attached hydrogen (secondary N) is 3. The molecule has 0 aromatic heterocycles. The molecule has 11 heteroatoms. The van der Waals surface area contributed by atoms with Crippen LogP contribution in [-0.2, 0) is 24.0 Å². The summed E-state index contributed by atoms with van der Waals surface area (Å²) in [7, 11) is 0. The van der Waals surface area contributed by atoms with E-state index in [0.717, 1.165) is 0 Å². The Kier molecular flexibility index (Phi) is 10.9. The normalized spacial score (nSPS) is 15.2. The third-order valence-corrected chi connectivity index (χ3v) is 4.13. The Morgan fingerprint density at radius 2 is 1.34 bits per heavy atom. The van der Waals surface area contributed by atoms with Gasteiger partial charge in [-0.2, -0.15) is 0 Å². The lowest BCUT2D eigenvalue weighted by molar-refractivity contribution is -0.143. The zero-order valence-corrected chi connectivity index (χ0v) is 17.5. The van der Waals surface area contributed by atoms with Gasteiger partial charge in [-0.1, -0.05) is 27.7 Å². The number of rotatable bonds is 12. The van der Waals surface area contributed by atoms with E-state index in [4.69, 9.17) is 16.6 Å². The molecule has 0 aliphatic carbocycles. The Hall–Kier alpha value is -2.69. The van der Waals surface area contributed by atoms with E-state index >= 15 is 0 Å². The summed E-state index contributed by atoms with van der Waals surface area (Å²) in [6, 6.07) is -4.32. The first-order valence-electron chi connectivity index (χ1n) is 9.44. The van der Waals surface area contributed by atoms with Gasteiger partial charge in [-0.05, 0) is 25.2 Å². The number of hydrogen-bond donors (Lipinski definition) is 6. The zero-order valence-electron chi connectivity index (χ0n) is 17.5. The lowest BCUT2D eigenvalue weighted by Crippen LogP contribution is -2.57. The summed E-state index contributed by atoms with van der Waals surface area (Å²) in [5.74, 6) is -4.27. The van der Waals surface area contributed by atoms with E-state index in [1.54, 1.807) is 13.8 Å². The van der Waals surface area contributed by atoms with E-state index in [1.165, 1.54) is 6.92 Å². The Morgan fingerprint density at radius 3 is 1.76 bits per heavy atom. The van der Waals surface area contributed by atoms with E-state index < -0.39 is 60.2 Å². The predicted molar refractivity (Wildman–Crippen MR) is 105 cm³/mol. The van der Waals surface area contributed by atoms with Crippen LogP contribution in [0.15, 0.2) is 0 Å². The highest BCUT2D eigenvalue weighted by Gasteiger charge is 2.29. The minimum absolute atomic E-state index is 0.0671. The number of amides is 4. The molecule has 0 aromatic rings. The molecule has 11 nitrogen and oxygen atoms in total. The second-order valence-electron chi connectivity index (χ2n) is 7.76. The van der Waals surface area contributed by atoms with E-state index in [2.05, 4.69) is 16.0 Å². The summed E-state index contributed by atoms with van der Waals surface area (Å²) in [6.45, 7) is 8.64. The van der Waals surface area contributed by atoms with Crippen molar-refractivity contribution in [3.63, 3.8) is 0 Å². The number of primary amides is 1. The number of nitrogens with two attached hydrogens (primary N) is 2. The van der Waals surface area contributed by atoms with Crippen molar-refractivity contribution in [1.82, 2.24) is 16.0 Å². The van der Waals surface area contributed by atoms with E-state index in [1.807, 2.05) is 13.8 Å². The van der Waals surface area contributed by atoms with Crippen LogP contribution in [-0.4, -0.2) is 58.9 Å². The molecule has 0 saturated heterocycles. The van der Waals surface area contributed by atoms with E-state index in [0.29, 0.717) is 6.42 Å². The highest BCUT2D eigenvalue weighted by atomic mass is 16.4. The van der Waals surface area contributed by atoms with Gasteiger partial charge in [0.2, 0.25) is 23.6 Å². The van der Waals surface area contributed by atoms with Crippen molar-refractivity contribution < 1.29 is 29.1 Å². The van der Waals surface area contributed by atoms with Gasteiger partial charge >= 0.3 is 5.97 Å². The molecule has 0 rings (SSSR count). The smallest absolute Gasteiger partial charge is 0.326 e. The number of carbonyl (C=O) groups is 5. The summed E-state index contributed by atoms with van der Waals surface area (Å²) >= 11 is 0. The van der Waals surface area contributed by atoms with Gasteiger partial charge in [-0.15, -0.1) is 0 Å². The van der Waals surface area contributed by atoms with Crippen LogP contribution in [0.5, 0.6) is 0 Å². The number of carboxylic acids is 1. The number of carboxylic acid groups (broad SMARTS) is 1. The van der Waals surface area contributed by atoms with Gasteiger partial charge in [0.25, 0.3) is 0 Å². The topological polar surface area (TPSA) is 194 Å². The monoisotopic (exact) mass is 415 g/mol. The lowest BCUT2D eigenvalue weighted by Gasteiger charge is -2.25. The van der Waals surface area contributed by atoms with Crippen molar-refractivity contribution in [1.29, 1.82) is 0 Å². The van der Waals surface area contributed by atoms with Gasteiger partial charge < -0.3 is 32.5 Å². The quantitative estimate of drug-likeness (QED) is 0.222. The average molecular weight is 415 g/mol. The van der Waals surface area contributed by atoms with Crippen LogP contribution in [0.25, 0.3) is 0 Å². The van der Waals surface area contributed by atoms with Gasteiger partial charge in [0.1, 0.15) is 18.1 Å². The molecule has 4 unspecified atom stereocenters. The number of aliphatic carboxylic acids is 1. The van der Waals surface area contributed by atoms with Crippen LogP contribution < -0.4 is 27.4 Å². The second-order valence-corrected chi connectivity index (χ2v) is 7.76. The predicted octanol–water partition coefficient (Wildman–Crippen LogP) is -1.55. The van der Waals surface area contributed by atoms with Crippen LogP contribution in [0.1, 0.15) is 47.5 Å². The molecule has 0 aromatic carbocycles. The molecule has 0 saturated carbocycles. The summed E-state index contributed by atoms with van der Waals surface area (Å²) < 4.78 is 0. The van der Waals surface area contributed by atoms with Gasteiger partial charge in [0.05, 0.1) is 12.5 Å². The number of hydrogen-bond acceptors (Lipinski definition) is 6. The SMILES string of the molecule is CC(C)CC(NC(=O)C(N)C(C)C)C(=O)NC(C)C(=O)NC(CC(N)=O)C(=O)O. The fraction of sp³-hybridized carbons (Fsp3) is 0.722. The maximum absolute atomic E-state index is 12.6. The second kappa shape index (κ2) is 12.0. The maximum Gasteiger partial charge on any atom is 0.326 e. The Balaban J connectivity index is 5.09. The van der Waals surface area contributed by atoms with Crippen LogP contribution in [0, 0.1) is 11.8 Å². The van der Waals surface area contributed by atoms with Crippen molar-refractivity contribution in [2.45, 2.75) is 71.6 Å². The molecule has 166 valence electrons. The summed E-state index contributed by atoms with van der Waals surface area (Å²) in [6.07, 6.45) is -0.267. The molecule has 0 spiro atoms. The molecule has 8 N–H and O–H groups in total. The molecule has 0 aliphatic heterocycles. The fourth-order valence-corrected chi connectivity index (χ4v) is 2.35. The first-order valence-corrected chi connectivity index (χ1v) is 9.44. The minimum atomic E-state index is -1.51. The average Bonchev–Trinajstić information content (AvgIpc) is 2.58. The zero-order chi connectivity index (χ0) is 22.9. The highest BCUT2D eigenvalue weighted by Crippen LogP contribution is 2.07. The minimum Gasteiger partial charge on any atom is -0.480 e. The van der Waals surface area contributed by atoms with Crippen LogP contribution >= 0.6 is 0 Å². The van der Waals surface area contributed by atoms with Gasteiger partial charge in [-0.25, -0.2) is 4.79 Å². The highest BCUT2D eigenvalue weighted by molar-refractivity contribution is 5.94. The Morgan fingerprint density at radius 1 is 0.828 bits per heavy atom. The molecule has 0 aliphatic rings. The molecule has 0 radical (unpaired) electrons. The van der Waals surface area contributed by atoms with Crippen LogP contribution in [0.4, 0.5) is 0 Å². The fourth-order valence-electron chi connectivity index (χ4n) is 2.35. The van der Waals surface area contributed by atoms with Crippen LogP contribution in [0.3, 0.4) is 0 Å². The maximum atomic E-state index is 12.6. The van der Waals surface area contributed by atoms with Crippen molar-refractivity contribution in [2.75, 3.05) is 0 Å². The standard InChI is InChI=1S/C18H33N5O6/c1-8(2)6-11(22-17(27)14(20)9(3)4)16(26)21-10(5)15(25)23-12(18(28)29)7-13(19)24/h8-12,14H,6-7,20H2,1-5H3,(H2,19,24)(H,21,26)(H,22,27)(H,23,25)(H,28,29). The Bertz CT molecular complexity index is 622. The van der Waals surface area contributed by atoms with Crippen molar-refractivity contribution in [3.8, 4) is 0 Å². The first kappa shape index (κ1) is 26.3.